The fourth-order valence-corrected chi connectivity index (χ4v) is 3.06. The molecule has 9 heteroatoms. The second-order valence-corrected chi connectivity index (χ2v) is 6.19. The van der Waals surface area contributed by atoms with Crippen molar-refractivity contribution in [2.45, 2.75) is 19.9 Å². The van der Waals surface area contributed by atoms with Crippen LogP contribution in [0.2, 0.25) is 5.02 Å². The van der Waals surface area contributed by atoms with E-state index >= 15 is 0 Å². The van der Waals surface area contributed by atoms with E-state index < -0.39 is 0 Å². The second-order valence-electron chi connectivity index (χ2n) is 5.76. The van der Waals surface area contributed by atoms with Crippen LogP contribution in [-0.4, -0.2) is 41.1 Å². The maximum Gasteiger partial charge on any atom is 0.283 e. The Hall–Kier alpha value is -2.84. The van der Waals surface area contributed by atoms with E-state index in [4.69, 9.17) is 16.7 Å². The molecule has 0 bridgehead atoms. The fourth-order valence-electron chi connectivity index (χ4n) is 2.93. The minimum Gasteiger partial charge on any atom is -0.395 e. The second kappa shape index (κ2) is 6.47. The Kier molecular flexibility index (Phi) is 4.14. The predicted octanol–water partition coefficient (Wildman–Crippen LogP) is 1.71. The number of hydrogen-bond acceptors (Lipinski definition) is 6. The van der Waals surface area contributed by atoms with Crippen LogP contribution in [0.25, 0.3) is 27.9 Å². The monoisotopic (exact) mass is 370 g/mol. The molecule has 4 aromatic rings. The highest BCUT2D eigenvalue weighted by Crippen LogP contribution is 2.29. The molecule has 0 spiro atoms. The Balaban J connectivity index is 2.03. The molecular formula is C17H15ClN6O2. The number of nitrogens with zero attached hydrogens (tertiary/aromatic N) is 6. The highest BCUT2D eigenvalue weighted by molar-refractivity contribution is 6.30. The summed E-state index contributed by atoms with van der Waals surface area (Å²) in [5, 5.41) is 22.6. The molecule has 0 atom stereocenters. The van der Waals surface area contributed by atoms with Crippen LogP contribution in [0.15, 0.2) is 35.4 Å². The molecule has 1 aromatic carbocycles. The lowest BCUT2D eigenvalue weighted by atomic mass is 10.0. The molecule has 0 saturated carbocycles. The smallest absolute Gasteiger partial charge is 0.283 e. The first-order valence-electron chi connectivity index (χ1n) is 8.14. The molecule has 0 radical (unpaired) electrons. The van der Waals surface area contributed by atoms with E-state index in [1.54, 1.807) is 16.6 Å². The number of hydrogen-bond donors (Lipinski definition) is 1. The van der Waals surface area contributed by atoms with E-state index in [1.165, 1.54) is 10.9 Å². The number of aliphatic hydroxyl groups is 1. The normalized spacial score (nSPS) is 11.5. The van der Waals surface area contributed by atoms with Crippen molar-refractivity contribution < 1.29 is 5.11 Å². The molecule has 4 rings (SSSR count). The first-order chi connectivity index (χ1) is 12.6. The van der Waals surface area contributed by atoms with Crippen LogP contribution in [0.5, 0.6) is 0 Å². The van der Waals surface area contributed by atoms with Crippen LogP contribution in [0.4, 0.5) is 0 Å². The molecule has 26 heavy (non-hydrogen) atoms. The summed E-state index contributed by atoms with van der Waals surface area (Å²) in [6, 6.07) is 7.41. The lowest BCUT2D eigenvalue weighted by Crippen LogP contribution is -2.24. The van der Waals surface area contributed by atoms with Gasteiger partial charge in [0.05, 0.1) is 24.4 Å². The zero-order chi connectivity index (χ0) is 18.3. The molecule has 3 aromatic heterocycles. The van der Waals surface area contributed by atoms with Crippen molar-refractivity contribution in [3.8, 4) is 11.1 Å². The van der Waals surface area contributed by atoms with E-state index in [-0.39, 0.29) is 24.2 Å². The SMILES string of the molecule is CCc1nn2c(nnc3c(=O)n(CCO)cnc32)c1-c1ccc(Cl)cc1. The van der Waals surface area contributed by atoms with Crippen LogP contribution < -0.4 is 5.56 Å². The summed E-state index contributed by atoms with van der Waals surface area (Å²) in [6.07, 6.45) is 2.07. The summed E-state index contributed by atoms with van der Waals surface area (Å²) < 4.78 is 2.85. The molecule has 0 saturated heterocycles. The molecule has 0 aliphatic rings. The van der Waals surface area contributed by atoms with Gasteiger partial charge in [-0.1, -0.05) is 30.7 Å². The average molecular weight is 371 g/mol. The standard InChI is InChI=1S/C17H15ClN6O2/c1-2-12-13(10-3-5-11(18)6-4-10)15-21-20-14-16(24(15)22-12)19-9-23(7-8-25)17(14)26/h3-6,9,25H,2,7-8H2,1H3. The fraction of sp³-hybridized carbons (Fsp3) is 0.235. The molecular weight excluding hydrogens is 356 g/mol. The number of fused-ring (bicyclic) bond motifs is 3. The van der Waals surface area contributed by atoms with Gasteiger partial charge in [-0.05, 0) is 24.1 Å². The molecule has 0 aliphatic heterocycles. The molecule has 0 amide bonds. The van der Waals surface area contributed by atoms with E-state index in [9.17, 15) is 4.79 Å². The third-order valence-electron chi connectivity index (χ3n) is 4.18. The van der Waals surface area contributed by atoms with Crippen molar-refractivity contribution in [1.82, 2.24) is 29.4 Å². The van der Waals surface area contributed by atoms with Gasteiger partial charge in [0, 0.05) is 5.02 Å². The lowest BCUT2D eigenvalue weighted by Gasteiger charge is -2.05. The molecule has 1 N–H and O–H groups in total. The number of aryl methyl sites for hydroxylation is 1. The summed E-state index contributed by atoms with van der Waals surface area (Å²) >= 11 is 5.99. The van der Waals surface area contributed by atoms with Gasteiger partial charge in [0.25, 0.3) is 5.56 Å². The van der Waals surface area contributed by atoms with Crippen LogP contribution in [0, 0.1) is 0 Å². The van der Waals surface area contributed by atoms with Gasteiger partial charge >= 0.3 is 0 Å². The Labute approximate surface area is 152 Å². The number of rotatable bonds is 4. The van der Waals surface area contributed by atoms with E-state index in [2.05, 4.69) is 20.3 Å². The predicted molar refractivity (Wildman–Crippen MR) is 97.3 cm³/mol. The van der Waals surface area contributed by atoms with Crippen LogP contribution in [0.3, 0.4) is 0 Å². The van der Waals surface area contributed by atoms with E-state index in [0.29, 0.717) is 22.7 Å². The van der Waals surface area contributed by atoms with Gasteiger partial charge in [-0.2, -0.15) is 9.61 Å². The molecule has 132 valence electrons. The Morgan fingerprint density at radius 1 is 1.15 bits per heavy atom. The number of aromatic nitrogens is 6. The third kappa shape index (κ3) is 2.54. The number of benzene rings is 1. The van der Waals surface area contributed by atoms with Gasteiger partial charge in [-0.15, -0.1) is 10.2 Å². The van der Waals surface area contributed by atoms with Crippen molar-refractivity contribution in [1.29, 1.82) is 0 Å². The summed E-state index contributed by atoms with van der Waals surface area (Å²) in [4.78, 5) is 16.8. The summed E-state index contributed by atoms with van der Waals surface area (Å²) in [5.41, 5.74) is 3.22. The molecule has 8 nitrogen and oxygen atoms in total. The zero-order valence-corrected chi connectivity index (χ0v) is 14.7. The maximum atomic E-state index is 12.5. The minimum atomic E-state index is -0.361. The van der Waals surface area contributed by atoms with Crippen molar-refractivity contribution in [2.24, 2.45) is 0 Å². The van der Waals surface area contributed by atoms with Gasteiger partial charge in [-0.25, -0.2) is 4.98 Å². The van der Waals surface area contributed by atoms with Crippen molar-refractivity contribution in [3.05, 3.63) is 51.7 Å². The largest absolute Gasteiger partial charge is 0.395 e. The third-order valence-corrected chi connectivity index (χ3v) is 4.43. The van der Waals surface area contributed by atoms with Gasteiger partial charge in [0.2, 0.25) is 0 Å². The van der Waals surface area contributed by atoms with Gasteiger partial charge in [-0.3, -0.25) is 9.36 Å². The van der Waals surface area contributed by atoms with Gasteiger partial charge in [0.15, 0.2) is 16.8 Å². The number of aliphatic hydroxyl groups excluding tert-OH is 1. The van der Waals surface area contributed by atoms with Crippen LogP contribution in [0.1, 0.15) is 12.6 Å². The average Bonchev–Trinajstić information content (AvgIpc) is 3.04. The molecule has 0 aliphatic carbocycles. The summed E-state index contributed by atoms with van der Waals surface area (Å²) in [5.74, 6) is 0. The number of halogens is 1. The summed E-state index contributed by atoms with van der Waals surface area (Å²) in [6.45, 7) is 1.99. The van der Waals surface area contributed by atoms with E-state index in [1.807, 2.05) is 19.1 Å². The van der Waals surface area contributed by atoms with Crippen molar-refractivity contribution in [2.75, 3.05) is 6.61 Å². The van der Waals surface area contributed by atoms with Gasteiger partial charge in [0.1, 0.15) is 6.33 Å². The van der Waals surface area contributed by atoms with Gasteiger partial charge < -0.3 is 5.11 Å². The first kappa shape index (κ1) is 16.6. The highest BCUT2D eigenvalue weighted by atomic mass is 35.5. The lowest BCUT2D eigenvalue weighted by molar-refractivity contribution is 0.274. The topological polar surface area (TPSA) is 98.2 Å². The van der Waals surface area contributed by atoms with Crippen LogP contribution in [-0.2, 0) is 13.0 Å². The minimum absolute atomic E-state index is 0.112. The maximum absolute atomic E-state index is 12.5. The van der Waals surface area contributed by atoms with Crippen molar-refractivity contribution in [3.63, 3.8) is 0 Å². The Bertz CT molecular complexity index is 1170. The van der Waals surface area contributed by atoms with Crippen molar-refractivity contribution >= 4 is 28.4 Å². The first-order valence-corrected chi connectivity index (χ1v) is 8.52. The molecule has 3 heterocycles. The molecule has 0 unspecified atom stereocenters. The Morgan fingerprint density at radius 3 is 2.62 bits per heavy atom. The quantitative estimate of drug-likeness (QED) is 0.587. The molecule has 0 fully saturated rings. The zero-order valence-electron chi connectivity index (χ0n) is 13.9. The van der Waals surface area contributed by atoms with E-state index in [0.717, 1.165) is 16.8 Å². The Morgan fingerprint density at radius 2 is 1.92 bits per heavy atom. The summed E-state index contributed by atoms with van der Waals surface area (Å²) in [7, 11) is 0. The van der Waals surface area contributed by atoms with Crippen LogP contribution >= 0.6 is 11.6 Å². The highest BCUT2D eigenvalue weighted by Gasteiger charge is 2.19.